The number of carboxylic acid groups (broad SMARTS) is 4. The van der Waals surface area contributed by atoms with Gasteiger partial charge in [0, 0.05) is 12.2 Å². The van der Waals surface area contributed by atoms with Gasteiger partial charge in [-0.25, -0.2) is 9.59 Å². The predicted octanol–water partition coefficient (Wildman–Crippen LogP) is -5.53. The van der Waals surface area contributed by atoms with E-state index >= 15 is 0 Å². The molecule has 20 heavy (non-hydrogen) atoms. The Morgan fingerprint density at radius 3 is 1.00 bits per heavy atom. The van der Waals surface area contributed by atoms with Crippen molar-refractivity contribution in [2.24, 2.45) is 0 Å². The molecule has 0 bridgehead atoms. The lowest BCUT2D eigenvalue weighted by molar-refractivity contribution is -0.325. The quantitative estimate of drug-likeness (QED) is 0.366. The normalized spacial score (nSPS) is 8.20. The van der Waals surface area contributed by atoms with Crippen molar-refractivity contribution in [2.45, 2.75) is 0 Å². The molecule has 0 unspecified atom stereocenters. The first kappa shape index (κ1) is 26.0. The van der Waals surface area contributed by atoms with Crippen molar-refractivity contribution < 1.29 is 51.1 Å². The minimum atomic E-state index is -1.55. The fourth-order valence-corrected chi connectivity index (χ4v) is 0.279. The summed E-state index contributed by atoms with van der Waals surface area (Å²) in [6.45, 7) is 0. The van der Waals surface area contributed by atoms with Crippen molar-refractivity contribution in [3.8, 4) is 0 Å². The molecule has 0 aromatic carbocycles. The summed E-state index contributed by atoms with van der Waals surface area (Å²) < 4.78 is 0. The van der Waals surface area contributed by atoms with E-state index in [-0.39, 0.29) is 0 Å². The zero-order valence-corrected chi connectivity index (χ0v) is 11.1. The predicted molar refractivity (Wildman–Crippen MR) is 61.2 cm³/mol. The molecule has 0 rings (SSSR count). The van der Waals surface area contributed by atoms with E-state index in [0.29, 0.717) is 24.3 Å². The first-order chi connectivity index (χ1) is 9.25. The Labute approximate surface area is 114 Å². The number of carbonyl (C=O) groups is 4. The van der Waals surface area contributed by atoms with Gasteiger partial charge in [0.15, 0.2) is 0 Å². The number of quaternary nitrogens is 2. The van der Waals surface area contributed by atoms with Gasteiger partial charge in [-0.1, -0.05) is 0 Å². The molecule has 0 aliphatic rings. The van der Waals surface area contributed by atoms with Gasteiger partial charge < -0.3 is 41.5 Å². The molecule has 0 atom stereocenters. The van der Waals surface area contributed by atoms with Crippen LogP contribution in [0.15, 0.2) is 24.3 Å². The van der Waals surface area contributed by atoms with Crippen molar-refractivity contribution in [1.82, 2.24) is 0 Å². The van der Waals surface area contributed by atoms with Crippen molar-refractivity contribution in [3.05, 3.63) is 24.3 Å². The molecule has 0 saturated carbocycles. The maximum atomic E-state index is 9.55. The summed E-state index contributed by atoms with van der Waals surface area (Å²) in [6, 6.07) is 0. The average Bonchev–Trinajstić information content (AvgIpc) is 2.39. The van der Waals surface area contributed by atoms with E-state index < -0.39 is 23.9 Å². The van der Waals surface area contributed by atoms with Crippen molar-refractivity contribution >= 4 is 23.9 Å². The van der Waals surface area contributed by atoms with Crippen LogP contribution in [0.1, 0.15) is 0 Å². The molecule has 0 amide bonds. The number of hydrogen-bond acceptors (Lipinski definition) is 6. The second-order valence-corrected chi connectivity index (χ2v) is 1.98. The summed E-state index contributed by atoms with van der Waals surface area (Å²) in [6.07, 6.45) is 1.88. The molecule has 0 heterocycles. The summed E-state index contributed by atoms with van der Waals surface area (Å²) in [5.74, 6) is -5.61. The van der Waals surface area contributed by atoms with E-state index in [1.165, 1.54) is 0 Å². The summed E-state index contributed by atoms with van der Waals surface area (Å²) in [7, 11) is 3.50. The smallest absolute Gasteiger partial charge is 0.328 e. The van der Waals surface area contributed by atoms with Gasteiger partial charge in [-0.3, -0.25) is 0 Å². The first-order valence-electron chi connectivity index (χ1n) is 4.91. The van der Waals surface area contributed by atoms with Crippen LogP contribution in [-0.4, -0.2) is 48.2 Å². The SMILES string of the molecule is C[NH3+].C[NH3+].O=C(O)/C=C\C(=O)O.O=C([O-])/C=C\C(=O)[O-]. The van der Waals surface area contributed by atoms with E-state index in [1.54, 1.807) is 14.1 Å². The second kappa shape index (κ2) is 21.6. The summed E-state index contributed by atoms with van der Waals surface area (Å²) in [5.41, 5.74) is 6.50. The van der Waals surface area contributed by atoms with Gasteiger partial charge in [-0.05, 0) is 12.2 Å². The van der Waals surface area contributed by atoms with Gasteiger partial charge in [0.2, 0.25) is 0 Å². The zero-order chi connectivity index (χ0) is 17.1. The van der Waals surface area contributed by atoms with Crippen molar-refractivity contribution in [3.63, 3.8) is 0 Å². The number of hydrogen-bond donors (Lipinski definition) is 4. The number of aliphatic carboxylic acids is 4. The molecule has 0 radical (unpaired) electrons. The molecule has 10 heteroatoms. The highest BCUT2D eigenvalue weighted by atomic mass is 16.4. The Morgan fingerprint density at radius 2 is 0.900 bits per heavy atom. The van der Waals surface area contributed by atoms with Gasteiger partial charge in [-0.2, -0.15) is 0 Å². The molecule has 116 valence electrons. The van der Waals surface area contributed by atoms with Crippen LogP contribution < -0.4 is 21.7 Å². The number of carbonyl (C=O) groups excluding carboxylic acids is 2. The van der Waals surface area contributed by atoms with Crippen LogP contribution in [0.2, 0.25) is 0 Å². The Bertz CT molecular complexity index is 283. The maximum absolute atomic E-state index is 9.55. The Morgan fingerprint density at radius 1 is 0.700 bits per heavy atom. The molecule has 0 aromatic rings. The van der Waals surface area contributed by atoms with E-state index in [0.717, 1.165) is 0 Å². The number of rotatable bonds is 4. The van der Waals surface area contributed by atoms with Crippen LogP contribution >= 0.6 is 0 Å². The van der Waals surface area contributed by atoms with Crippen LogP contribution in [-0.2, 0) is 19.2 Å². The molecule has 0 aromatic heterocycles. The fourth-order valence-electron chi connectivity index (χ4n) is 0.279. The van der Waals surface area contributed by atoms with E-state index in [1.807, 2.05) is 0 Å². The summed E-state index contributed by atoms with van der Waals surface area (Å²) >= 11 is 0. The molecule has 0 spiro atoms. The van der Waals surface area contributed by atoms with Crippen molar-refractivity contribution in [1.29, 1.82) is 0 Å². The molecular weight excluding hydrogens is 276 g/mol. The molecule has 0 aliphatic carbocycles. The van der Waals surface area contributed by atoms with Gasteiger partial charge in [0.25, 0.3) is 0 Å². The molecule has 10 nitrogen and oxygen atoms in total. The minimum absolute atomic E-state index is 0.384. The Balaban J connectivity index is -0.000000102. The molecule has 0 fully saturated rings. The monoisotopic (exact) mass is 294 g/mol. The van der Waals surface area contributed by atoms with E-state index in [2.05, 4.69) is 11.5 Å². The van der Waals surface area contributed by atoms with E-state index in [9.17, 15) is 29.4 Å². The van der Waals surface area contributed by atoms with Crippen LogP contribution in [0.5, 0.6) is 0 Å². The molecule has 0 aliphatic heterocycles. The van der Waals surface area contributed by atoms with Crippen LogP contribution in [0, 0.1) is 0 Å². The fraction of sp³-hybridized carbons (Fsp3) is 0.200. The van der Waals surface area contributed by atoms with Gasteiger partial charge in [-0.15, -0.1) is 0 Å². The lowest BCUT2D eigenvalue weighted by Gasteiger charge is -1.90. The summed E-state index contributed by atoms with van der Waals surface area (Å²) in [4.78, 5) is 37.9. The zero-order valence-electron chi connectivity index (χ0n) is 11.1. The molecule has 0 saturated heterocycles. The Hall–Kier alpha value is -2.72. The lowest BCUT2D eigenvalue weighted by Crippen LogP contribution is -2.40. The first-order valence-corrected chi connectivity index (χ1v) is 4.91. The van der Waals surface area contributed by atoms with Crippen LogP contribution in [0.4, 0.5) is 0 Å². The summed E-state index contributed by atoms with van der Waals surface area (Å²) in [5, 5.41) is 34.5. The second-order valence-electron chi connectivity index (χ2n) is 1.98. The third kappa shape index (κ3) is 58.8. The highest BCUT2D eigenvalue weighted by Gasteiger charge is 1.88. The van der Waals surface area contributed by atoms with Gasteiger partial charge >= 0.3 is 11.9 Å². The standard InChI is InChI=1S/2C4H4O4.2CH5N/c2*5-3(6)1-2-4(7)8;2*1-2/h2*1-2H,(H,5,6)(H,7,8);2*2H2,1H3/b2*2-1-;;. The van der Waals surface area contributed by atoms with Gasteiger partial charge in [0.1, 0.15) is 0 Å². The Kier molecular flexibility index (Phi) is 28.0. The largest absolute Gasteiger partial charge is 0.545 e. The van der Waals surface area contributed by atoms with Crippen LogP contribution in [0.3, 0.4) is 0 Å². The lowest BCUT2D eigenvalue weighted by atomic mass is 10.5. The third-order valence-electron chi connectivity index (χ3n) is 0.724. The third-order valence-corrected chi connectivity index (χ3v) is 0.724. The molecule has 8 N–H and O–H groups in total. The average molecular weight is 294 g/mol. The minimum Gasteiger partial charge on any atom is -0.545 e. The molecular formula is C10H18N2O8. The van der Waals surface area contributed by atoms with E-state index in [4.69, 9.17) is 10.2 Å². The number of carboxylic acids is 4. The van der Waals surface area contributed by atoms with Crippen molar-refractivity contribution in [2.75, 3.05) is 14.1 Å². The topological polar surface area (TPSA) is 210 Å². The maximum Gasteiger partial charge on any atom is 0.328 e. The van der Waals surface area contributed by atoms with Crippen LogP contribution in [0.25, 0.3) is 0 Å². The highest BCUT2D eigenvalue weighted by molar-refractivity contribution is 5.89. The van der Waals surface area contributed by atoms with Gasteiger partial charge in [0.05, 0.1) is 26.0 Å². The highest BCUT2D eigenvalue weighted by Crippen LogP contribution is 1.70.